The van der Waals surface area contributed by atoms with Gasteiger partial charge in [0.1, 0.15) is 0 Å². The van der Waals surface area contributed by atoms with Crippen LogP contribution in [0.3, 0.4) is 0 Å². The van der Waals surface area contributed by atoms with Crippen molar-refractivity contribution in [2.24, 2.45) is 0 Å². The van der Waals surface area contributed by atoms with E-state index < -0.39 is 0 Å². The van der Waals surface area contributed by atoms with E-state index >= 15 is 0 Å². The molecule has 0 saturated heterocycles. The van der Waals surface area contributed by atoms with Crippen LogP contribution in [0.1, 0.15) is 24.1 Å². The molecule has 0 N–H and O–H groups in total. The van der Waals surface area contributed by atoms with Crippen LogP contribution < -0.4 is 0 Å². The Hall–Kier alpha value is -7.31. The Balaban J connectivity index is 1.11. The Morgan fingerprint density at radius 2 is 0.912 bits per heavy atom. The van der Waals surface area contributed by atoms with Crippen molar-refractivity contribution in [3.63, 3.8) is 0 Å². The first-order valence-corrected chi connectivity index (χ1v) is 19.8. The Bertz CT molecular complexity index is 3280. The maximum Gasteiger partial charge on any atom is 0.238 e. The lowest BCUT2D eigenvalue weighted by atomic mass is 9.94. The molecule has 0 fully saturated rings. The van der Waals surface area contributed by atoms with Gasteiger partial charge in [0.2, 0.25) is 5.95 Å². The molecule has 270 valence electrons. The second-order valence-corrected chi connectivity index (χ2v) is 15.1. The van der Waals surface area contributed by atoms with Gasteiger partial charge in [0.25, 0.3) is 0 Å². The number of hydrogen-bond acceptors (Lipinski definition) is 3. The van der Waals surface area contributed by atoms with Crippen molar-refractivity contribution in [3.05, 3.63) is 181 Å². The third-order valence-corrected chi connectivity index (χ3v) is 11.9. The van der Waals surface area contributed by atoms with E-state index in [2.05, 4.69) is 147 Å². The second kappa shape index (κ2) is 12.6. The van der Waals surface area contributed by atoms with Gasteiger partial charge < -0.3 is 9.13 Å². The van der Waals surface area contributed by atoms with E-state index in [0.717, 1.165) is 40.4 Å². The van der Waals surface area contributed by atoms with Crippen LogP contribution in [0.2, 0.25) is 0 Å². The summed E-state index contributed by atoms with van der Waals surface area (Å²) in [6.45, 7) is 0. The predicted octanol–water partition coefficient (Wildman–Crippen LogP) is 12.2. The van der Waals surface area contributed by atoms with Gasteiger partial charge in [-0.3, -0.25) is 4.57 Å². The van der Waals surface area contributed by atoms with Crippen LogP contribution in [-0.2, 0) is 12.8 Å². The molecule has 0 spiro atoms. The molecule has 57 heavy (non-hydrogen) atoms. The van der Waals surface area contributed by atoms with E-state index in [1.807, 2.05) is 36.4 Å². The van der Waals surface area contributed by atoms with Gasteiger partial charge in [-0.15, -0.1) is 0 Å². The molecule has 11 aromatic rings. The highest BCUT2D eigenvalue weighted by atomic mass is 15.2. The lowest BCUT2D eigenvalue weighted by Crippen LogP contribution is -2.07. The largest absolute Gasteiger partial charge is 0.313 e. The minimum atomic E-state index is 0.600. The van der Waals surface area contributed by atoms with Crippen molar-refractivity contribution in [1.82, 2.24) is 28.7 Å². The molecule has 4 aromatic heterocycles. The Morgan fingerprint density at radius 3 is 1.61 bits per heavy atom. The van der Waals surface area contributed by atoms with Gasteiger partial charge in [-0.05, 0) is 85.8 Å². The zero-order chi connectivity index (χ0) is 37.5. The molecule has 1 aliphatic rings. The molecule has 12 rings (SSSR count). The molecular weight excluding hydrogens is 697 g/mol. The zero-order valence-corrected chi connectivity index (χ0v) is 31.2. The summed E-state index contributed by atoms with van der Waals surface area (Å²) in [5.41, 5.74) is 13.1. The van der Waals surface area contributed by atoms with Crippen molar-refractivity contribution >= 4 is 54.5 Å². The van der Waals surface area contributed by atoms with E-state index in [-0.39, 0.29) is 0 Å². The number of rotatable bonds is 5. The molecule has 1 aliphatic carbocycles. The minimum absolute atomic E-state index is 0.600. The number of hydrogen-bond donors (Lipinski definition) is 0. The van der Waals surface area contributed by atoms with E-state index in [9.17, 15) is 0 Å². The van der Waals surface area contributed by atoms with Crippen LogP contribution in [0, 0.1) is 0 Å². The summed E-state index contributed by atoms with van der Waals surface area (Å²) in [6, 6.07) is 60.3. The van der Waals surface area contributed by atoms with Gasteiger partial charge in [-0.25, -0.2) is 4.98 Å². The molecule has 0 amide bonds. The first kappa shape index (κ1) is 32.0. The zero-order valence-electron chi connectivity index (χ0n) is 31.2. The van der Waals surface area contributed by atoms with E-state index in [1.165, 1.54) is 73.6 Å². The van der Waals surface area contributed by atoms with Gasteiger partial charge in [0.05, 0.1) is 27.6 Å². The van der Waals surface area contributed by atoms with E-state index in [4.69, 9.17) is 15.0 Å². The molecule has 4 heterocycles. The van der Waals surface area contributed by atoms with Gasteiger partial charge in [-0.2, -0.15) is 9.97 Å². The van der Waals surface area contributed by atoms with Crippen LogP contribution in [0.4, 0.5) is 0 Å². The molecule has 0 aliphatic heterocycles. The first-order chi connectivity index (χ1) is 28.3. The normalized spacial score (nSPS) is 13.0. The first-order valence-electron chi connectivity index (χ1n) is 19.8. The molecule has 0 atom stereocenters. The molecule has 0 radical (unpaired) electrons. The van der Waals surface area contributed by atoms with Crippen molar-refractivity contribution in [3.8, 4) is 40.1 Å². The third-order valence-electron chi connectivity index (χ3n) is 11.9. The van der Waals surface area contributed by atoms with Crippen molar-refractivity contribution in [2.45, 2.75) is 25.7 Å². The SMILES string of the molecule is c1ccc(-c2nc(-c3ccccc3)nc(-n3c4ccccc4c4cc(-n5c6c(c7c8c9ccccc9n(-c9ccccc9)c8ccc75)CCCC6)ccc43)n2)cc1. The molecular formula is C51H36N6. The fourth-order valence-corrected chi connectivity index (χ4v) is 9.46. The van der Waals surface area contributed by atoms with Gasteiger partial charge in [-0.1, -0.05) is 115 Å². The summed E-state index contributed by atoms with van der Waals surface area (Å²) in [7, 11) is 0. The summed E-state index contributed by atoms with van der Waals surface area (Å²) in [6.07, 6.45) is 4.52. The minimum Gasteiger partial charge on any atom is -0.313 e. The number of aromatic nitrogens is 6. The van der Waals surface area contributed by atoms with Crippen LogP contribution in [0.5, 0.6) is 0 Å². The molecule has 0 bridgehead atoms. The maximum atomic E-state index is 5.15. The van der Waals surface area contributed by atoms with Gasteiger partial charge in [0.15, 0.2) is 11.6 Å². The van der Waals surface area contributed by atoms with E-state index in [1.54, 1.807) is 0 Å². The molecule has 7 aromatic carbocycles. The van der Waals surface area contributed by atoms with Gasteiger partial charge >= 0.3 is 0 Å². The molecule has 0 saturated carbocycles. The Kier molecular flexibility index (Phi) is 7.08. The third kappa shape index (κ3) is 4.87. The average molecular weight is 733 g/mol. The number of aryl methyl sites for hydroxylation is 1. The fraction of sp³-hybridized carbons (Fsp3) is 0.0784. The standard InChI is InChI=1S/C51H36N6/c1-4-16-33(17-5-1)49-52-50(34-18-6-2-7-19-34)54-51(53-49)57-41-25-13-10-22-37(41)40-32-36(28-29-44(40)57)56-43-27-15-12-24-39(43)48-46(56)31-30-45-47(48)38-23-11-14-26-42(38)55(45)35-20-8-3-9-21-35/h1-11,13-14,16-23,25-26,28-32H,12,15,24,27H2. The Morgan fingerprint density at radius 1 is 0.368 bits per heavy atom. The number of nitrogens with zero attached hydrogens (tertiary/aromatic N) is 6. The molecule has 6 nitrogen and oxygen atoms in total. The summed E-state index contributed by atoms with van der Waals surface area (Å²) in [5.74, 6) is 1.89. The Labute approximate surface area is 328 Å². The highest BCUT2D eigenvalue weighted by molar-refractivity contribution is 6.22. The van der Waals surface area contributed by atoms with Crippen LogP contribution in [0.15, 0.2) is 170 Å². The number of benzene rings is 7. The highest BCUT2D eigenvalue weighted by Gasteiger charge is 2.26. The van der Waals surface area contributed by atoms with Crippen molar-refractivity contribution in [1.29, 1.82) is 0 Å². The number of fused-ring (bicyclic) bond motifs is 10. The average Bonchev–Trinajstić information content (AvgIpc) is 3.92. The highest BCUT2D eigenvalue weighted by Crippen LogP contribution is 2.44. The van der Waals surface area contributed by atoms with Crippen LogP contribution >= 0.6 is 0 Å². The fourth-order valence-electron chi connectivity index (χ4n) is 9.46. The molecule has 0 unspecified atom stereocenters. The number of para-hydroxylation sites is 3. The summed E-state index contributed by atoms with van der Waals surface area (Å²) >= 11 is 0. The monoisotopic (exact) mass is 732 g/mol. The maximum absolute atomic E-state index is 5.15. The topological polar surface area (TPSA) is 53.5 Å². The quantitative estimate of drug-likeness (QED) is 0.177. The predicted molar refractivity (Wildman–Crippen MR) is 233 cm³/mol. The van der Waals surface area contributed by atoms with E-state index in [0.29, 0.717) is 17.6 Å². The second-order valence-electron chi connectivity index (χ2n) is 15.1. The van der Waals surface area contributed by atoms with Crippen LogP contribution in [-0.4, -0.2) is 28.7 Å². The van der Waals surface area contributed by atoms with Crippen molar-refractivity contribution in [2.75, 3.05) is 0 Å². The smallest absolute Gasteiger partial charge is 0.238 e. The molecule has 6 heteroatoms. The van der Waals surface area contributed by atoms with Crippen LogP contribution in [0.25, 0.3) is 94.6 Å². The van der Waals surface area contributed by atoms with Crippen molar-refractivity contribution < 1.29 is 0 Å². The summed E-state index contributed by atoms with van der Waals surface area (Å²) in [4.78, 5) is 15.3. The summed E-state index contributed by atoms with van der Waals surface area (Å²) in [5, 5.41) is 6.37. The lowest BCUT2D eigenvalue weighted by molar-refractivity contribution is 0.667. The van der Waals surface area contributed by atoms with Gasteiger partial charge in [0, 0.05) is 55.1 Å². The summed E-state index contributed by atoms with van der Waals surface area (Å²) < 4.78 is 7.21. The lowest BCUT2D eigenvalue weighted by Gasteiger charge is -2.16.